The number of aryl methyl sites for hydroxylation is 1. The Labute approximate surface area is 107 Å². The fraction of sp³-hybridized carbons (Fsp3) is 0.385. The van der Waals surface area contributed by atoms with Gasteiger partial charge in [-0.2, -0.15) is 0 Å². The average molecular weight is 245 g/mol. The van der Waals surface area contributed by atoms with Crippen LogP contribution < -0.4 is 11.1 Å². The van der Waals surface area contributed by atoms with Crippen LogP contribution in [0.2, 0.25) is 0 Å². The molecule has 0 spiro atoms. The monoisotopic (exact) mass is 245 g/mol. The summed E-state index contributed by atoms with van der Waals surface area (Å²) in [6, 6.07) is 4.07. The zero-order chi connectivity index (χ0) is 13.0. The first-order valence-electron chi connectivity index (χ1n) is 6.12. The summed E-state index contributed by atoms with van der Waals surface area (Å²) in [5, 5.41) is 3.43. The Kier molecular flexibility index (Phi) is 3.94. The summed E-state index contributed by atoms with van der Waals surface area (Å²) in [6.45, 7) is 2.97. The van der Waals surface area contributed by atoms with E-state index in [-0.39, 0.29) is 6.04 Å². The number of pyridine rings is 1. The molecule has 0 saturated heterocycles. The van der Waals surface area contributed by atoms with Crippen LogP contribution in [0.15, 0.2) is 30.7 Å². The minimum Gasteiger partial charge on any atom is -0.383 e. The first kappa shape index (κ1) is 12.6. The number of likely N-dealkylation sites (N-methyl/N-ethyl adjacent to an activating group) is 1. The topological polar surface area (TPSA) is 68.8 Å². The van der Waals surface area contributed by atoms with Crippen LogP contribution in [0.4, 0.5) is 5.82 Å². The van der Waals surface area contributed by atoms with Gasteiger partial charge in [-0.3, -0.25) is 0 Å². The normalized spacial score (nSPS) is 12.6. The van der Waals surface area contributed by atoms with Crippen LogP contribution in [0, 0.1) is 0 Å². The molecule has 18 heavy (non-hydrogen) atoms. The first-order valence-corrected chi connectivity index (χ1v) is 6.12. The molecule has 0 aliphatic carbocycles. The molecule has 0 aromatic carbocycles. The predicted molar refractivity (Wildman–Crippen MR) is 72.0 cm³/mol. The quantitative estimate of drug-likeness (QED) is 0.833. The smallest absolute Gasteiger partial charge is 0.126 e. The molecule has 0 saturated carbocycles. The molecule has 2 aromatic heterocycles. The summed E-state index contributed by atoms with van der Waals surface area (Å²) >= 11 is 0. The Bertz CT molecular complexity index is 506. The molecule has 0 aliphatic heterocycles. The van der Waals surface area contributed by atoms with Gasteiger partial charge in [0.25, 0.3) is 0 Å². The van der Waals surface area contributed by atoms with E-state index in [0.29, 0.717) is 5.82 Å². The maximum absolute atomic E-state index is 5.89. The average Bonchev–Trinajstić information content (AvgIpc) is 2.78. The zero-order valence-electron chi connectivity index (χ0n) is 10.8. The summed E-state index contributed by atoms with van der Waals surface area (Å²) in [6.07, 6.45) is 6.26. The van der Waals surface area contributed by atoms with Crippen molar-refractivity contribution in [3.05, 3.63) is 42.1 Å². The van der Waals surface area contributed by atoms with Crippen molar-refractivity contribution in [3.63, 3.8) is 0 Å². The Hall–Kier alpha value is -1.88. The molecule has 5 heteroatoms. The van der Waals surface area contributed by atoms with E-state index < -0.39 is 0 Å². The number of nitrogens with one attached hydrogen (secondary N) is 1. The molecule has 1 atom stereocenters. The fourth-order valence-corrected chi connectivity index (χ4v) is 2.06. The molecule has 0 radical (unpaired) electrons. The van der Waals surface area contributed by atoms with Crippen molar-refractivity contribution in [2.24, 2.45) is 7.05 Å². The number of nitrogens with two attached hydrogens (primary N) is 1. The molecule has 2 aromatic rings. The highest BCUT2D eigenvalue weighted by molar-refractivity contribution is 5.39. The van der Waals surface area contributed by atoms with Gasteiger partial charge in [0.15, 0.2) is 0 Å². The van der Waals surface area contributed by atoms with Gasteiger partial charge in [-0.05, 0) is 24.6 Å². The van der Waals surface area contributed by atoms with Crippen LogP contribution in [0.25, 0.3) is 0 Å². The maximum atomic E-state index is 5.89. The van der Waals surface area contributed by atoms with Crippen LogP contribution in [-0.2, 0) is 13.5 Å². The van der Waals surface area contributed by atoms with Crippen molar-refractivity contribution < 1.29 is 0 Å². The minimum absolute atomic E-state index is 0.154. The van der Waals surface area contributed by atoms with Crippen LogP contribution in [-0.4, -0.2) is 21.1 Å². The standard InChI is InChI=1S/C13H19N5/c1-3-15-11(13-17-7-8-18(13)2)9-10-5-4-6-16-12(10)14/h4-8,11,15H,3,9H2,1-2H3,(H2,14,16). The van der Waals surface area contributed by atoms with E-state index in [4.69, 9.17) is 5.73 Å². The largest absolute Gasteiger partial charge is 0.383 e. The molecule has 0 bridgehead atoms. The number of aromatic nitrogens is 3. The van der Waals surface area contributed by atoms with Gasteiger partial charge in [0.05, 0.1) is 6.04 Å². The summed E-state index contributed by atoms with van der Waals surface area (Å²) in [4.78, 5) is 8.52. The number of hydrogen-bond acceptors (Lipinski definition) is 4. The second-order valence-corrected chi connectivity index (χ2v) is 4.26. The molecule has 96 valence electrons. The lowest BCUT2D eigenvalue weighted by Gasteiger charge is -2.18. The van der Waals surface area contributed by atoms with Crippen LogP contribution in [0.1, 0.15) is 24.4 Å². The minimum atomic E-state index is 0.154. The highest BCUT2D eigenvalue weighted by Gasteiger charge is 2.16. The molecular formula is C13H19N5. The van der Waals surface area contributed by atoms with Crippen molar-refractivity contribution >= 4 is 5.82 Å². The number of anilines is 1. The van der Waals surface area contributed by atoms with Crippen molar-refractivity contribution in [2.75, 3.05) is 12.3 Å². The lowest BCUT2D eigenvalue weighted by molar-refractivity contribution is 0.506. The van der Waals surface area contributed by atoms with Crippen molar-refractivity contribution in [3.8, 4) is 0 Å². The number of rotatable bonds is 5. The number of imidazole rings is 1. The van der Waals surface area contributed by atoms with Gasteiger partial charge in [0.2, 0.25) is 0 Å². The predicted octanol–water partition coefficient (Wildman–Crippen LogP) is 1.29. The second-order valence-electron chi connectivity index (χ2n) is 4.26. The van der Waals surface area contributed by atoms with Crippen molar-refractivity contribution in [1.82, 2.24) is 19.9 Å². The van der Waals surface area contributed by atoms with E-state index in [1.165, 1.54) is 0 Å². The summed E-state index contributed by atoms with van der Waals surface area (Å²) in [5.74, 6) is 1.61. The Morgan fingerprint density at radius 2 is 2.22 bits per heavy atom. The fourth-order valence-electron chi connectivity index (χ4n) is 2.06. The van der Waals surface area contributed by atoms with E-state index in [1.807, 2.05) is 36.1 Å². The third-order valence-electron chi connectivity index (χ3n) is 2.97. The highest BCUT2D eigenvalue weighted by Crippen LogP contribution is 2.19. The molecular weight excluding hydrogens is 226 g/mol. The third-order valence-corrected chi connectivity index (χ3v) is 2.97. The maximum Gasteiger partial charge on any atom is 0.126 e. The van der Waals surface area contributed by atoms with Crippen LogP contribution in [0.5, 0.6) is 0 Å². The molecule has 0 fully saturated rings. The van der Waals surface area contributed by atoms with Crippen LogP contribution in [0.3, 0.4) is 0 Å². The molecule has 2 rings (SSSR count). The molecule has 5 nitrogen and oxygen atoms in total. The van der Waals surface area contributed by atoms with Crippen molar-refractivity contribution in [2.45, 2.75) is 19.4 Å². The summed E-state index contributed by atoms with van der Waals surface area (Å²) in [7, 11) is 2.00. The SMILES string of the molecule is CCNC(Cc1cccnc1N)c1nccn1C. The molecule has 0 aliphatic rings. The number of hydrogen-bond donors (Lipinski definition) is 2. The second kappa shape index (κ2) is 5.64. The van der Waals surface area contributed by atoms with Crippen LogP contribution >= 0.6 is 0 Å². The molecule has 0 amide bonds. The summed E-state index contributed by atoms with van der Waals surface area (Å²) < 4.78 is 2.03. The van der Waals surface area contributed by atoms with Gasteiger partial charge in [-0.1, -0.05) is 13.0 Å². The zero-order valence-corrected chi connectivity index (χ0v) is 10.8. The Morgan fingerprint density at radius 3 is 2.83 bits per heavy atom. The van der Waals surface area contributed by atoms with E-state index in [1.54, 1.807) is 6.20 Å². The molecule has 1 unspecified atom stereocenters. The van der Waals surface area contributed by atoms with E-state index in [2.05, 4.69) is 22.2 Å². The Balaban J connectivity index is 2.22. The van der Waals surface area contributed by atoms with E-state index in [9.17, 15) is 0 Å². The lowest BCUT2D eigenvalue weighted by atomic mass is 10.1. The number of nitrogens with zero attached hydrogens (tertiary/aromatic N) is 3. The van der Waals surface area contributed by atoms with Gasteiger partial charge in [-0.15, -0.1) is 0 Å². The van der Waals surface area contributed by atoms with Gasteiger partial charge in [0, 0.05) is 25.6 Å². The third kappa shape index (κ3) is 2.68. The Morgan fingerprint density at radius 1 is 1.39 bits per heavy atom. The molecule has 2 heterocycles. The number of nitrogen functional groups attached to an aromatic ring is 1. The molecule has 3 N–H and O–H groups in total. The van der Waals surface area contributed by atoms with Crippen molar-refractivity contribution in [1.29, 1.82) is 0 Å². The van der Waals surface area contributed by atoms with Gasteiger partial charge in [0.1, 0.15) is 11.6 Å². The summed E-state index contributed by atoms with van der Waals surface area (Å²) in [5.41, 5.74) is 6.94. The van der Waals surface area contributed by atoms with E-state index >= 15 is 0 Å². The first-order chi connectivity index (χ1) is 8.72. The van der Waals surface area contributed by atoms with Gasteiger partial charge >= 0.3 is 0 Å². The van der Waals surface area contributed by atoms with E-state index in [0.717, 1.165) is 24.4 Å². The highest BCUT2D eigenvalue weighted by atomic mass is 15.1. The van der Waals surface area contributed by atoms with Gasteiger partial charge < -0.3 is 15.6 Å². The lowest BCUT2D eigenvalue weighted by Crippen LogP contribution is -2.26. The van der Waals surface area contributed by atoms with Gasteiger partial charge in [-0.25, -0.2) is 9.97 Å².